The maximum atomic E-state index is 13.6. The molecule has 0 heterocycles. The van der Waals surface area contributed by atoms with E-state index in [1.807, 2.05) is 33.3 Å². The van der Waals surface area contributed by atoms with Crippen LogP contribution in [-0.2, 0) is 27.9 Å². The van der Waals surface area contributed by atoms with Gasteiger partial charge in [-0.1, -0.05) is 267 Å². The van der Waals surface area contributed by atoms with E-state index in [0.29, 0.717) is 17.4 Å². The molecule has 0 rings (SSSR count). The van der Waals surface area contributed by atoms with Gasteiger partial charge >= 0.3 is 13.8 Å². The number of nitrogens with zero attached hydrogens (tertiary/aromatic N) is 1. The van der Waals surface area contributed by atoms with Crippen LogP contribution in [0.4, 0.5) is 0 Å². The number of carbonyl (C=O) groups excluding carboxylic acids is 2. The Labute approximate surface area is 501 Å². The highest BCUT2D eigenvalue weighted by Gasteiger charge is 2.30. The molecule has 0 radical (unpaired) electrons. The van der Waals surface area contributed by atoms with E-state index in [-0.39, 0.29) is 31.5 Å². The van der Waals surface area contributed by atoms with E-state index in [2.05, 4.69) is 99.0 Å². The smallest absolute Gasteiger partial charge is 0.456 e. The fourth-order valence-corrected chi connectivity index (χ4v) is 10.3. The van der Waals surface area contributed by atoms with Gasteiger partial charge in [-0.05, 0) is 109 Å². The second-order valence-corrected chi connectivity index (χ2v) is 25.4. The third kappa shape index (κ3) is 61.6. The zero-order chi connectivity index (χ0) is 59.3. The molecule has 0 aliphatic heterocycles. The van der Waals surface area contributed by atoms with Crippen molar-refractivity contribution in [3.8, 4) is 0 Å². The van der Waals surface area contributed by atoms with Crippen molar-refractivity contribution in [1.82, 2.24) is 5.32 Å². The molecule has 0 spiro atoms. The van der Waals surface area contributed by atoms with Gasteiger partial charge in [-0.15, -0.1) is 0 Å². The highest BCUT2D eigenvalue weighted by molar-refractivity contribution is 7.47. The van der Waals surface area contributed by atoms with Gasteiger partial charge in [-0.25, -0.2) is 4.57 Å². The van der Waals surface area contributed by atoms with Crippen molar-refractivity contribution in [2.24, 2.45) is 0 Å². The van der Waals surface area contributed by atoms with Crippen LogP contribution >= 0.6 is 7.82 Å². The Kier molecular flexibility index (Phi) is 58.2. The number of hydrogen-bond donors (Lipinski definition) is 2. The van der Waals surface area contributed by atoms with Gasteiger partial charge in [0.1, 0.15) is 19.3 Å². The Balaban J connectivity index is 5.22. The fourth-order valence-electron chi connectivity index (χ4n) is 9.54. The second kappa shape index (κ2) is 60.3. The molecule has 9 nitrogen and oxygen atoms in total. The Morgan fingerprint density at radius 2 is 0.753 bits per heavy atom. The average Bonchev–Trinajstić information content (AvgIpc) is 3.44. The van der Waals surface area contributed by atoms with Crippen molar-refractivity contribution in [2.75, 3.05) is 40.9 Å². The molecule has 0 saturated carbocycles. The summed E-state index contributed by atoms with van der Waals surface area (Å²) in [6, 6.07) is -0.860. The first-order chi connectivity index (χ1) is 39.4. The summed E-state index contributed by atoms with van der Waals surface area (Å²) < 4.78 is 30.8. The summed E-state index contributed by atoms with van der Waals surface area (Å²) in [5, 5.41) is 3.06. The molecule has 0 bridgehead atoms. The van der Waals surface area contributed by atoms with Crippen molar-refractivity contribution in [3.63, 3.8) is 0 Å². The number of esters is 1. The van der Waals surface area contributed by atoms with Gasteiger partial charge in [0, 0.05) is 12.8 Å². The SMILES string of the molecule is CCCCC/C=C\C/C=C\C/C=C\CCCCCCCCCCC(=O)NC(COP(=O)(O)OCC[N+](C)(C)C)C(/C=C/CCCCCCCCCCCCC)OC(=O)CCCCCCCCCC/C=C\C/C=C\C/C=C\CCCCC. The lowest BCUT2D eigenvalue weighted by atomic mass is 10.0. The zero-order valence-corrected chi connectivity index (χ0v) is 54.7. The van der Waals surface area contributed by atoms with Crippen LogP contribution in [0.5, 0.6) is 0 Å². The molecule has 0 aliphatic rings. The number of quaternary nitrogens is 1. The summed E-state index contributed by atoms with van der Waals surface area (Å²) in [6.07, 6.45) is 80.0. The predicted molar refractivity (Wildman–Crippen MR) is 351 cm³/mol. The number of likely N-dealkylation sites (N-methyl/N-ethyl adjacent to an activating group) is 1. The number of amides is 1. The quantitative estimate of drug-likeness (QED) is 0.0205. The first kappa shape index (κ1) is 78.2. The number of phosphoric acid groups is 1. The molecule has 0 aliphatic carbocycles. The third-order valence-electron chi connectivity index (χ3n) is 14.8. The molecule has 2 N–H and O–H groups in total. The topological polar surface area (TPSA) is 111 Å². The fraction of sp³-hybridized carbons (Fsp3) is 0.775. The van der Waals surface area contributed by atoms with Crippen LogP contribution in [0.25, 0.3) is 0 Å². The largest absolute Gasteiger partial charge is 0.472 e. The van der Waals surface area contributed by atoms with Crippen LogP contribution < -0.4 is 5.32 Å². The van der Waals surface area contributed by atoms with Crippen LogP contribution in [0.1, 0.15) is 303 Å². The highest BCUT2D eigenvalue weighted by atomic mass is 31.2. The summed E-state index contributed by atoms with van der Waals surface area (Å²) >= 11 is 0. The predicted octanol–water partition coefficient (Wildman–Crippen LogP) is 21.3. The average molecular weight is 1150 g/mol. The van der Waals surface area contributed by atoms with Crippen LogP contribution in [0.3, 0.4) is 0 Å². The van der Waals surface area contributed by atoms with Gasteiger partial charge < -0.3 is 19.4 Å². The van der Waals surface area contributed by atoms with Gasteiger partial charge in [0.15, 0.2) is 0 Å². The Morgan fingerprint density at radius 3 is 1.15 bits per heavy atom. The number of ether oxygens (including phenoxy) is 1. The van der Waals surface area contributed by atoms with Crippen molar-refractivity contribution in [2.45, 2.75) is 315 Å². The molecule has 0 saturated heterocycles. The lowest BCUT2D eigenvalue weighted by Gasteiger charge is -2.27. The van der Waals surface area contributed by atoms with Crippen LogP contribution in [0.2, 0.25) is 0 Å². The van der Waals surface area contributed by atoms with Crippen molar-refractivity contribution in [3.05, 3.63) is 85.1 Å². The van der Waals surface area contributed by atoms with E-state index in [1.54, 1.807) is 0 Å². The summed E-state index contributed by atoms with van der Waals surface area (Å²) in [5.74, 6) is -0.518. The molecular formula is C71H130N2O7P+. The van der Waals surface area contributed by atoms with Gasteiger partial charge in [0.2, 0.25) is 5.91 Å². The summed E-state index contributed by atoms with van der Waals surface area (Å²) in [6.45, 7) is 6.97. The molecule has 0 fully saturated rings. The van der Waals surface area contributed by atoms with E-state index in [4.69, 9.17) is 13.8 Å². The molecule has 81 heavy (non-hydrogen) atoms. The summed E-state index contributed by atoms with van der Waals surface area (Å²) in [5.41, 5.74) is 0. The minimum absolute atomic E-state index is 0.0344. The molecule has 3 atom stereocenters. The molecule has 10 heteroatoms. The van der Waals surface area contributed by atoms with E-state index in [0.717, 1.165) is 109 Å². The number of unbranched alkanes of at least 4 members (excludes halogenated alkanes) is 33. The van der Waals surface area contributed by atoms with Crippen LogP contribution in [0, 0.1) is 0 Å². The molecule has 3 unspecified atom stereocenters. The maximum Gasteiger partial charge on any atom is 0.472 e. The third-order valence-corrected chi connectivity index (χ3v) is 15.8. The van der Waals surface area contributed by atoms with Crippen molar-refractivity contribution >= 4 is 19.7 Å². The van der Waals surface area contributed by atoms with Crippen molar-refractivity contribution < 1.29 is 37.3 Å². The van der Waals surface area contributed by atoms with Crippen LogP contribution in [0.15, 0.2) is 85.1 Å². The number of phosphoric ester groups is 1. The van der Waals surface area contributed by atoms with E-state index < -0.39 is 20.0 Å². The van der Waals surface area contributed by atoms with Gasteiger partial charge in [-0.3, -0.25) is 18.6 Å². The number of allylic oxidation sites excluding steroid dienone is 13. The minimum atomic E-state index is -4.46. The van der Waals surface area contributed by atoms with E-state index in [9.17, 15) is 19.0 Å². The van der Waals surface area contributed by atoms with Gasteiger partial charge in [0.05, 0.1) is 33.8 Å². The highest BCUT2D eigenvalue weighted by Crippen LogP contribution is 2.43. The van der Waals surface area contributed by atoms with Gasteiger partial charge in [-0.2, -0.15) is 0 Å². The number of hydrogen-bond acceptors (Lipinski definition) is 6. The van der Waals surface area contributed by atoms with Gasteiger partial charge in [0.25, 0.3) is 0 Å². The maximum absolute atomic E-state index is 13.6. The zero-order valence-electron chi connectivity index (χ0n) is 53.8. The molecule has 0 aromatic carbocycles. The van der Waals surface area contributed by atoms with E-state index >= 15 is 0 Å². The second-order valence-electron chi connectivity index (χ2n) is 24.0. The first-order valence-electron chi connectivity index (χ1n) is 33.9. The number of rotatable bonds is 61. The number of nitrogens with one attached hydrogen (secondary N) is 1. The summed E-state index contributed by atoms with van der Waals surface area (Å²) in [7, 11) is 1.48. The lowest BCUT2D eigenvalue weighted by Crippen LogP contribution is -2.47. The summed E-state index contributed by atoms with van der Waals surface area (Å²) in [4.78, 5) is 37.9. The first-order valence-corrected chi connectivity index (χ1v) is 35.4. The standard InChI is InChI=1S/C71H129N2O7P/c1-7-10-13-16-19-22-25-28-30-32-34-36-38-40-42-45-48-51-54-57-60-63-70(74)72-68(67-79-81(76,77)78-66-65-73(4,5)6)69(62-59-56-53-50-47-44-27-24-21-18-15-12-9-3)80-71(75)64-61-58-55-52-49-46-43-41-39-37-35-33-31-29-26-23-20-17-14-11-8-2/h19-20,22-23,28-31,34-37,59,62,68-69H,7-18,21,24-27,32-33,38-58,60-61,63-67H2,1-6H3,(H-,72,74,76,77)/p+1/b22-19-,23-20-,30-28-,31-29-,36-34-,37-35-,62-59+. The molecule has 1 amide bonds. The molecule has 0 aromatic rings. The van der Waals surface area contributed by atoms with E-state index in [1.165, 1.54) is 161 Å². The normalized spacial score (nSPS) is 14.1. The minimum Gasteiger partial charge on any atom is -0.456 e. The molecular weight excluding hydrogens is 1020 g/mol. The Bertz CT molecular complexity index is 1660. The molecule has 0 aromatic heterocycles. The Morgan fingerprint density at radius 1 is 0.432 bits per heavy atom. The lowest BCUT2D eigenvalue weighted by molar-refractivity contribution is -0.870. The van der Waals surface area contributed by atoms with Crippen molar-refractivity contribution in [1.29, 1.82) is 0 Å². The monoisotopic (exact) mass is 1150 g/mol. The number of carbonyl (C=O) groups is 2. The molecule has 470 valence electrons. The Hall–Kier alpha value is -2.81. The van der Waals surface area contributed by atoms with Crippen LogP contribution in [-0.4, -0.2) is 74.3 Å².